The molecular formula is C26H31N5O3. The number of piperazine rings is 1. The highest BCUT2D eigenvalue weighted by Gasteiger charge is 2.22. The fraction of sp³-hybridized carbons (Fsp3) is 0.385. The fourth-order valence-corrected chi connectivity index (χ4v) is 4.37. The number of anilines is 1. The topological polar surface area (TPSA) is 87.5 Å². The molecule has 4 rings (SSSR count). The quantitative estimate of drug-likeness (QED) is 0.584. The summed E-state index contributed by atoms with van der Waals surface area (Å²) in [7, 11) is 0. The molecule has 3 aromatic rings. The van der Waals surface area contributed by atoms with E-state index in [0.717, 1.165) is 23.2 Å². The zero-order valence-corrected chi connectivity index (χ0v) is 19.8. The van der Waals surface area contributed by atoms with E-state index >= 15 is 0 Å². The van der Waals surface area contributed by atoms with Gasteiger partial charge >= 0.3 is 0 Å². The van der Waals surface area contributed by atoms with Crippen molar-refractivity contribution in [3.05, 3.63) is 70.3 Å². The summed E-state index contributed by atoms with van der Waals surface area (Å²) < 4.78 is 1.51. The Balaban J connectivity index is 1.26. The summed E-state index contributed by atoms with van der Waals surface area (Å²) in [5, 5.41) is 3.58. The van der Waals surface area contributed by atoms with Crippen LogP contribution < -0.4 is 10.9 Å². The molecule has 0 unspecified atom stereocenters. The summed E-state index contributed by atoms with van der Waals surface area (Å²) in [6.45, 7) is 7.02. The second kappa shape index (κ2) is 10.6. The number of aryl methyl sites for hydroxylation is 3. The lowest BCUT2D eigenvalue weighted by molar-refractivity contribution is -0.133. The van der Waals surface area contributed by atoms with E-state index in [1.807, 2.05) is 48.2 Å². The van der Waals surface area contributed by atoms with E-state index in [1.165, 1.54) is 10.9 Å². The van der Waals surface area contributed by atoms with E-state index in [1.54, 1.807) is 6.07 Å². The van der Waals surface area contributed by atoms with Gasteiger partial charge in [0.05, 0.1) is 23.8 Å². The predicted molar refractivity (Wildman–Crippen MR) is 133 cm³/mol. The SMILES string of the molecule is CCc1ccccc1NC(=O)CN1CCN(C(=O)CCn2cnc3c(C)cccc3c2=O)CC1. The van der Waals surface area contributed by atoms with E-state index in [2.05, 4.69) is 22.1 Å². The molecule has 178 valence electrons. The van der Waals surface area contributed by atoms with Crippen LogP contribution in [0.15, 0.2) is 53.6 Å². The van der Waals surface area contributed by atoms with Gasteiger partial charge < -0.3 is 10.2 Å². The number of carbonyl (C=O) groups excluding carboxylic acids is 2. The minimum Gasteiger partial charge on any atom is -0.340 e. The summed E-state index contributed by atoms with van der Waals surface area (Å²) in [4.78, 5) is 46.2. The van der Waals surface area contributed by atoms with Crippen LogP contribution in [0.25, 0.3) is 10.9 Å². The maximum Gasteiger partial charge on any atom is 0.261 e. The highest BCUT2D eigenvalue weighted by Crippen LogP contribution is 2.16. The Bertz CT molecular complexity index is 1240. The molecule has 8 nitrogen and oxygen atoms in total. The number of hydrogen-bond acceptors (Lipinski definition) is 5. The molecule has 1 aromatic heterocycles. The molecule has 2 heterocycles. The van der Waals surface area contributed by atoms with Crippen LogP contribution in [0.5, 0.6) is 0 Å². The maximum atomic E-state index is 12.7. The van der Waals surface area contributed by atoms with Crippen LogP contribution in [0.3, 0.4) is 0 Å². The summed E-state index contributed by atoms with van der Waals surface area (Å²) >= 11 is 0. The minimum atomic E-state index is -0.123. The first-order valence-corrected chi connectivity index (χ1v) is 11.8. The number of fused-ring (bicyclic) bond motifs is 1. The minimum absolute atomic E-state index is 0.0113. The largest absolute Gasteiger partial charge is 0.340 e. The number of nitrogens with one attached hydrogen (secondary N) is 1. The summed E-state index contributed by atoms with van der Waals surface area (Å²) in [6, 6.07) is 13.4. The second-order valence-corrected chi connectivity index (χ2v) is 8.68. The first-order valence-electron chi connectivity index (χ1n) is 11.8. The van der Waals surface area contributed by atoms with Gasteiger partial charge in [0.2, 0.25) is 11.8 Å². The Labute approximate surface area is 199 Å². The Hall–Kier alpha value is -3.52. The van der Waals surface area contributed by atoms with Gasteiger partial charge in [0.1, 0.15) is 0 Å². The molecule has 0 radical (unpaired) electrons. The monoisotopic (exact) mass is 461 g/mol. The number of amides is 2. The highest BCUT2D eigenvalue weighted by molar-refractivity contribution is 5.93. The average molecular weight is 462 g/mol. The Morgan fingerprint density at radius 1 is 1.03 bits per heavy atom. The third-order valence-electron chi connectivity index (χ3n) is 6.39. The van der Waals surface area contributed by atoms with E-state index in [4.69, 9.17) is 0 Å². The number of hydrogen-bond donors (Lipinski definition) is 1. The maximum absolute atomic E-state index is 12.7. The van der Waals surface area contributed by atoms with Crippen LogP contribution in [-0.2, 0) is 22.6 Å². The molecule has 1 aliphatic heterocycles. The first kappa shape index (κ1) is 23.6. The van der Waals surface area contributed by atoms with Crippen LogP contribution >= 0.6 is 0 Å². The van der Waals surface area contributed by atoms with Gasteiger partial charge in [-0.05, 0) is 36.6 Å². The molecule has 0 saturated carbocycles. The molecule has 34 heavy (non-hydrogen) atoms. The van der Waals surface area contributed by atoms with E-state index < -0.39 is 0 Å². The highest BCUT2D eigenvalue weighted by atomic mass is 16.2. The van der Waals surface area contributed by atoms with Crippen molar-refractivity contribution in [1.82, 2.24) is 19.4 Å². The molecule has 0 atom stereocenters. The number of carbonyl (C=O) groups is 2. The van der Waals surface area contributed by atoms with Crippen molar-refractivity contribution in [3.8, 4) is 0 Å². The van der Waals surface area contributed by atoms with Gasteiger partial charge in [0.15, 0.2) is 0 Å². The number of rotatable bonds is 7. The Morgan fingerprint density at radius 2 is 1.79 bits per heavy atom. The lowest BCUT2D eigenvalue weighted by Gasteiger charge is -2.34. The number of benzene rings is 2. The summed E-state index contributed by atoms with van der Waals surface area (Å²) in [6.07, 6.45) is 2.63. The summed E-state index contributed by atoms with van der Waals surface area (Å²) in [5.74, 6) is -0.0312. The van der Waals surface area contributed by atoms with Gasteiger partial charge in [-0.25, -0.2) is 4.98 Å². The van der Waals surface area contributed by atoms with Crippen molar-refractivity contribution in [2.45, 2.75) is 33.2 Å². The van der Waals surface area contributed by atoms with Crippen LogP contribution in [0.2, 0.25) is 0 Å². The number of para-hydroxylation sites is 2. The zero-order valence-electron chi connectivity index (χ0n) is 19.8. The molecule has 1 fully saturated rings. The molecule has 8 heteroatoms. The van der Waals surface area contributed by atoms with Crippen LogP contribution in [0, 0.1) is 6.92 Å². The molecule has 0 aliphatic carbocycles. The van der Waals surface area contributed by atoms with Crippen LogP contribution in [0.1, 0.15) is 24.5 Å². The molecule has 2 amide bonds. The summed E-state index contributed by atoms with van der Waals surface area (Å²) in [5.41, 5.74) is 3.51. The van der Waals surface area contributed by atoms with Crippen molar-refractivity contribution in [3.63, 3.8) is 0 Å². The third kappa shape index (κ3) is 5.34. The van der Waals surface area contributed by atoms with Gasteiger partial charge in [-0.3, -0.25) is 23.9 Å². The molecule has 0 spiro atoms. The second-order valence-electron chi connectivity index (χ2n) is 8.68. The standard InChI is InChI=1S/C26H31N5O3/c1-3-20-8-4-5-10-22(20)28-23(32)17-29-13-15-30(16-14-29)24(33)11-12-31-18-27-25-19(2)7-6-9-21(25)26(31)34/h4-10,18H,3,11-17H2,1-2H3,(H,28,32). The van der Waals surface area contributed by atoms with Crippen LogP contribution in [0.4, 0.5) is 5.69 Å². The van der Waals surface area contributed by atoms with Gasteiger partial charge in [-0.15, -0.1) is 0 Å². The number of aromatic nitrogens is 2. The molecular weight excluding hydrogens is 430 g/mol. The fourth-order valence-electron chi connectivity index (χ4n) is 4.37. The van der Waals surface area contributed by atoms with Gasteiger partial charge in [-0.2, -0.15) is 0 Å². The van der Waals surface area contributed by atoms with E-state index in [9.17, 15) is 14.4 Å². The van der Waals surface area contributed by atoms with Crippen molar-refractivity contribution in [2.75, 3.05) is 38.0 Å². The molecule has 0 bridgehead atoms. The van der Waals surface area contributed by atoms with Gasteiger partial charge in [0, 0.05) is 44.8 Å². The first-order chi connectivity index (χ1) is 16.5. The van der Waals surface area contributed by atoms with E-state index in [-0.39, 0.29) is 23.8 Å². The average Bonchev–Trinajstić information content (AvgIpc) is 2.84. The van der Waals surface area contributed by atoms with Crippen molar-refractivity contribution in [1.29, 1.82) is 0 Å². The van der Waals surface area contributed by atoms with Crippen molar-refractivity contribution < 1.29 is 9.59 Å². The molecule has 1 aliphatic rings. The lowest BCUT2D eigenvalue weighted by atomic mass is 10.1. The molecule has 1 saturated heterocycles. The zero-order chi connectivity index (χ0) is 24.1. The Morgan fingerprint density at radius 3 is 2.56 bits per heavy atom. The number of nitrogens with zero attached hydrogens (tertiary/aromatic N) is 4. The van der Waals surface area contributed by atoms with Gasteiger partial charge in [0.25, 0.3) is 5.56 Å². The van der Waals surface area contributed by atoms with Crippen molar-refractivity contribution in [2.24, 2.45) is 0 Å². The predicted octanol–water partition coefficient (Wildman–Crippen LogP) is 2.44. The van der Waals surface area contributed by atoms with Gasteiger partial charge in [-0.1, -0.05) is 37.3 Å². The Kier molecular flexibility index (Phi) is 7.37. The van der Waals surface area contributed by atoms with Crippen molar-refractivity contribution >= 4 is 28.4 Å². The molecule has 1 N–H and O–H groups in total. The third-order valence-corrected chi connectivity index (χ3v) is 6.39. The smallest absolute Gasteiger partial charge is 0.261 e. The molecule has 2 aromatic carbocycles. The van der Waals surface area contributed by atoms with Crippen LogP contribution in [-0.4, -0.2) is 63.9 Å². The van der Waals surface area contributed by atoms with E-state index in [0.29, 0.717) is 50.2 Å². The lowest BCUT2D eigenvalue weighted by Crippen LogP contribution is -2.50. The normalized spacial score (nSPS) is 14.4.